The van der Waals surface area contributed by atoms with Gasteiger partial charge in [0.1, 0.15) is 23.1 Å². The number of β-amino-alcohol motifs (C(OH)–C–C–N with tert-alkyl or cyclic N) is 1. The maximum Gasteiger partial charge on any atom is 0.277 e. The van der Waals surface area contributed by atoms with Crippen molar-refractivity contribution >= 4 is 17.6 Å². The summed E-state index contributed by atoms with van der Waals surface area (Å²) < 4.78 is 5.44. The van der Waals surface area contributed by atoms with Crippen molar-refractivity contribution in [2.45, 2.75) is 57.7 Å². The summed E-state index contributed by atoms with van der Waals surface area (Å²) >= 11 is 0. The van der Waals surface area contributed by atoms with E-state index in [9.17, 15) is 14.7 Å². The summed E-state index contributed by atoms with van der Waals surface area (Å²) in [4.78, 5) is 37.1. The van der Waals surface area contributed by atoms with E-state index in [-0.39, 0.29) is 24.3 Å². The Morgan fingerprint density at radius 2 is 1.97 bits per heavy atom. The molecule has 0 aliphatic carbocycles. The summed E-state index contributed by atoms with van der Waals surface area (Å²) in [5, 5.41) is 17.8. The molecule has 4 atom stereocenters. The van der Waals surface area contributed by atoms with Crippen LogP contribution in [-0.2, 0) is 15.1 Å². The number of pyridine rings is 1. The van der Waals surface area contributed by atoms with Crippen molar-refractivity contribution in [1.29, 1.82) is 0 Å². The maximum absolute atomic E-state index is 13.7. The number of amidine groups is 1. The van der Waals surface area contributed by atoms with E-state index < -0.39 is 23.6 Å². The molecule has 37 heavy (non-hydrogen) atoms. The minimum Gasteiger partial charge on any atom is -0.391 e. The number of amides is 2. The minimum atomic E-state index is -1.08. The third-order valence-electron chi connectivity index (χ3n) is 7.25. The average molecular weight is 502 g/mol. The first kappa shape index (κ1) is 24.8. The Labute approximate surface area is 215 Å². The van der Waals surface area contributed by atoms with Gasteiger partial charge in [0.25, 0.3) is 5.91 Å². The lowest BCUT2D eigenvalue weighted by Gasteiger charge is -2.31. The fourth-order valence-electron chi connectivity index (χ4n) is 5.20. The lowest BCUT2D eigenvalue weighted by Crippen LogP contribution is -2.51. The fraction of sp³-hybridized carbons (Fsp3) is 0.393. The third-order valence-corrected chi connectivity index (χ3v) is 7.25. The Kier molecular flexibility index (Phi) is 6.41. The Hall–Kier alpha value is -3.85. The van der Waals surface area contributed by atoms with Gasteiger partial charge in [0.15, 0.2) is 0 Å². The molecule has 2 amide bonds. The van der Waals surface area contributed by atoms with Gasteiger partial charge in [0, 0.05) is 31.4 Å². The van der Waals surface area contributed by atoms with Gasteiger partial charge in [-0.3, -0.25) is 14.6 Å². The zero-order chi connectivity index (χ0) is 26.3. The van der Waals surface area contributed by atoms with Gasteiger partial charge < -0.3 is 19.8 Å². The van der Waals surface area contributed by atoms with Crippen LogP contribution in [0.2, 0.25) is 0 Å². The van der Waals surface area contributed by atoms with Crippen molar-refractivity contribution in [3.05, 3.63) is 71.9 Å². The maximum atomic E-state index is 13.7. The molecule has 4 heterocycles. The molecule has 3 aromatic rings. The number of aliphatic imine (C=N–C) groups is 1. The number of benzene rings is 1. The van der Waals surface area contributed by atoms with Gasteiger partial charge in [-0.15, -0.1) is 0 Å². The Balaban J connectivity index is 1.39. The lowest BCUT2D eigenvalue weighted by molar-refractivity contribution is -0.134. The van der Waals surface area contributed by atoms with Crippen molar-refractivity contribution < 1.29 is 19.2 Å². The first-order chi connectivity index (χ1) is 17.7. The SMILES string of the molecule is Cc1cc(C(C(=O)N2C[C@H](O)C[C@H]2C2=NC(=O)[C@](C)(c3ccc(-c4cccnc4)cc3)N2)C(C)C)on1. The van der Waals surface area contributed by atoms with E-state index in [2.05, 4.69) is 20.4 Å². The van der Waals surface area contributed by atoms with Crippen LogP contribution in [0.1, 0.15) is 50.1 Å². The van der Waals surface area contributed by atoms with E-state index in [4.69, 9.17) is 4.52 Å². The topological polar surface area (TPSA) is 121 Å². The van der Waals surface area contributed by atoms with E-state index in [1.807, 2.05) is 57.2 Å². The molecule has 2 aliphatic rings. The number of nitrogens with zero attached hydrogens (tertiary/aromatic N) is 4. The number of hydrogen-bond donors (Lipinski definition) is 2. The highest BCUT2D eigenvalue weighted by molar-refractivity contribution is 6.09. The Morgan fingerprint density at radius 3 is 2.59 bits per heavy atom. The van der Waals surface area contributed by atoms with Gasteiger partial charge in [-0.05, 0) is 42.5 Å². The number of aliphatic hydroxyl groups excluding tert-OH is 1. The van der Waals surface area contributed by atoms with Gasteiger partial charge in [-0.1, -0.05) is 49.3 Å². The van der Waals surface area contributed by atoms with Crippen LogP contribution in [0.3, 0.4) is 0 Å². The monoisotopic (exact) mass is 501 g/mol. The van der Waals surface area contributed by atoms with E-state index in [1.54, 1.807) is 30.3 Å². The molecular weight excluding hydrogens is 470 g/mol. The van der Waals surface area contributed by atoms with Crippen LogP contribution < -0.4 is 5.32 Å². The second kappa shape index (κ2) is 9.55. The van der Waals surface area contributed by atoms with Crippen molar-refractivity contribution in [1.82, 2.24) is 20.4 Å². The van der Waals surface area contributed by atoms with Gasteiger partial charge in [0.05, 0.1) is 17.8 Å². The summed E-state index contributed by atoms with van der Waals surface area (Å²) in [5.74, 6) is -0.241. The summed E-state index contributed by atoms with van der Waals surface area (Å²) in [7, 11) is 0. The van der Waals surface area contributed by atoms with Crippen molar-refractivity contribution in [3.63, 3.8) is 0 Å². The fourth-order valence-corrected chi connectivity index (χ4v) is 5.20. The van der Waals surface area contributed by atoms with Crippen LogP contribution >= 0.6 is 0 Å². The molecule has 5 rings (SSSR count). The molecular formula is C28H31N5O4. The van der Waals surface area contributed by atoms with Gasteiger partial charge in [-0.25, -0.2) is 0 Å². The smallest absolute Gasteiger partial charge is 0.277 e. The quantitative estimate of drug-likeness (QED) is 0.532. The second-order valence-electron chi connectivity index (χ2n) is 10.4. The first-order valence-corrected chi connectivity index (χ1v) is 12.5. The molecule has 192 valence electrons. The summed E-state index contributed by atoms with van der Waals surface area (Å²) in [6.07, 6.45) is 3.09. The third kappa shape index (κ3) is 4.55. The molecule has 2 aliphatic heterocycles. The van der Waals surface area contributed by atoms with Gasteiger partial charge >= 0.3 is 0 Å². The van der Waals surface area contributed by atoms with Crippen LogP contribution in [0.5, 0.6) is 0 Å². The van der Waals surface area contributed by atoms with Crippen molar-refractivity contribution in [2.24, 2.45) is 10.9 Å². The molecule has 1 aromatic carbocycles. The standard InChI is InChI=1S/C28H31N5O4/c1-16(2)24(23-12-17(3)32-37-23)26(35)33-15-21(34)13-22(33)25-30-27(36)28(4,31-25)20-9-7-18(8-10-20)19-6-5-11-29-14-19/h5-12,14,16,21-22,24,34H,13,15H2,1-4H3,(H,30,31,36)/t21-,22+,24?,28+/m1/s1. The van der Waals surface area contributed by atoms with Crippen molar-refractivity contribution in [3.8, 4) is 11.1 Å². The molecule has 9 heteroatoms. The zero-order valence-corrected chi connectivity index (χ0v) is 21.4. The van der Waals surface area contributed by atoms with Crippen LogP contribution in [-0.4, -0.2) is 56.5 Å². The summed E-state index contributed by atoms with van der Waals surface area (Å²) in [6.45, 7) is 7.65. The lowest BCUT2D eigenvalue weighted by atomic mass is 9.90. The molecule has 0 radical (unpaired) electrons. The first-order valence-electron chi connectivity index (χ1n) is 12.5. The number of carbonyl (C=O) groups excluding carboxylic acids is 2. The Bertz CT molecular complexity index is 1330. The van der Waals surface area contributed by atoms with Crippen LogP contribution in [0.4, 0.5) is 0 Å². The molecule has 0 saturated carbocycles. The number of aryl methyl sites for hydroxylation is 1. The molecule has 9 nitrogen and oxygen atoms in total. The second-order valence-corrected chi connectivity index (χ2v) is 10.4. The molecule has 1 fully saturated rings. The summed E-state index contributed by atoms with van der Waals surface area (Å²) in [6, 6.07) is 12.8. The van der Waals surface area contributed by atoms with E-state index >= 15 is 0 Å². The normalized spacial score (nSPS) is 24.3. The summed E-state index contributed by atoms with van der Waals surface area (Å²) in [5.41, 5.74) is 2.36. The predicted molar refractivity (Wildman–Crippen MR) is 138 cm³/mol. The van der Waals surface area contributed by atoms with E-state index in [0.29, 0.717) is 23.7 Å². The number of rotatable bonds is 6. The highest BCUT2D eigenvalue weighted by atomic mass is 16.5. The van der Waals surface area contributed by atoms with E-state index in [0.717, 1.165) is 16.7 Å². The molecule has 0 bridgehead atoms. The molecule has 1 unspecified atom stereocenters. The largest absolute Gasteiger partial charge is 0.391 e. The highest BCUT2D eigenvalue weighted by Gasteiger charge is 2.48. The number of aliphatic hydroxyl groups is 1. The molecule has 0 spiro atoms. The van der Waals surface area contributed by atoms with Crippen LogP contribution in [0.25, 0.3) is 11.1 Å². The van der Waals surface area contributed by atoms with Crippen LogP contribution in [0.15, 0.2) is 64.4 Å². The molecule has 2 N–H and O–H groups in total. The minimum absolute atomic E-state index is 0.0538. The van der Waals surface area contributed by atoms with Gasteiger partial charge in [0.2, 0.25) is 5.91 Å². The number of aromatic nitrogens is 2. The number of nitrogens with one attached hydrogen (secondary N) is 1. The molecule has 1 saturated heterocycles. The highest BCUT2D eigenvalue weighted by Crippen LogP contribution is 2.34. The van der Waals surface area contributed by atoms with E-state index in [1.165, 1.54) is 0 Å². The zero-order valence-electron chi connectivity index (χ0n) is 21.4. The van der Waals surface area contributed by atoms with Crippen molar-refractivity contribution in [2.75, 3.05) is 6.54 Å². The number of likely N-dealkylation sites (tertiary alicyclic amines) is 1. The van der Waals surface area contributed by atoms with Crippen LogP contribution in [0, 0.1) is 12.8 Å². The number of carbonyl (C=O) groups is 2. The average Bonchev–Trinajstić information content (AvgIpc) is 3.57. The number of hydrogen-bond acceptors (Lipinski definition) is 7. The Morgan fingerprint density at radius 1 is 1.22 bits per heavy atom. The predicted octanol–water partition coefficient (Wildman–Crippen LogP) is 3.19. The molecule has 2 aromatic heterocycles. The van der Waals surface area contributed by atoms with Gasteiger partial charge in [-0.2, -0.15) is 4.99 Å².